The predicted octanol–water partition coefficient (Wildman–Crippen LogP) is 6.22. The molecule has 4 nitrogen and oxygen atoms in total. The van der Waals surface area contributed by atoms with Crippen LogP contribution in [0.4, 0.5) is 39.5 Å². The molecule has 0 aliphatic rings. The molecule has 0 radical (unpaired) electrons. The molecular formula is C19H11F9N2O2. The van der Waals surface area contributed by atoms with Gasteiger partial charge in [-0.05, 0) is 35.9 Å². The lowest BCUT2D eigenvalue weighted by Gasteiger charge is -2.16. The van der Waals surface area contributed by atoms with Crippen molar-refractivity contribution in [2.24, 2.45) is 7.05 Å². The van der Waals surface area contributed by atoms with Crippen molar-refractivity contribution in [3.63, 3.8) is 0 Å². The average molecular weight is 470 g/mol. The van der Waals surface area contributed by atoms with Gasteiger partial charge in [0.15, 0.2) is 5.69 Å². The molecule has 3 aromatic rings. The van der Waals surface area contributed by atoms with Gasteiger partial charge in [-0.2, -0.15) is 44.6 Å². The van der Waals surface area contributed by atoms with Gasteiger partial charge >= 0.3 is 18.5 Å². The van der Waals surface area contributed by atoms with Crippen molar-refractivity contribution in [2.75, 3.05) is 0 Å². The number of aryl methyl sites for hydroxylation is 1. The van der Waals surface area contributed by atoms with Crippen LogP contribution in [-0.4, -0.2) is 20.0 Å². The lowest BCUT2D eigenvalue weighted by molar-refractivity contribution is -0.143. The summed E-state index contributed by atoms with van der Waals surface area (Å²) < 4.78 is 121. The molecule has 1 heterocycles. The summed E-state index contributed by atoms with van der Waals surface area (Å²) in [5.74, 6) is -1.28. The second kappa shape index (κ2) is 7.35. The SMILES string of the molecule is Cn1nc(-c2ccc(O)cc2O)c(-c2cc(C(F)(F)F)cc(C(F)(F)F)c2)c1C(F)(F)F. The van der Waals surface area contributed by atoms with Gasteiger partial charge in [-0.3, -0.25) is 4.68 Å². The first-order valence-corrected chi connectivity index (χ1v) is 8.46. The van der Waals surface area contributed by atoms with E-state index in [1.54, 1.807) is 0 Å². The minimum absolute atomic E-state index is 0.141. The Morgan fingerprint density at radius 1 is 0.750 bits per heavy atom. The third kappa shape index (κ3) is 4.32. The number of phenols is 2. The number of nitrogens with zero attached hydrogens (tertiary/aromatic N) is 2. The first kappa shape index (κ1) is 23.3. The van der Waals surface area contributed by atoms with E-state index in [9.17, 15) is 49.7 Å². The molecule has 0 bridgehead atoms. The van der Waals surface area contributed by atoms with E-state index < -0.39 is 69.2 Å². The van der Waals surface area contributed by atoms with Crippen LogP contribution in [0.25, 0.3) is 22.4 Å². The number of alkyl halides is 9. The second-order valence-corrected chi connectivity index (χ2v) is 6.69. The summed E-state index contributed by atoms with van der Waals surface area (Å²) in [7, 11) is 0.797. The molecule has 0 fully saturated rings. The Morgan fingerprint density at radius 2 is 1.28 bits per heavy atom. The molecule has 172 valence electrons. The summed E-state index contributed by atoms with van der Waals surface area (Å²) in [4.78, 5) is 0. The zero-order valence-electron chi connectivity index (χ0n) is 15.7. The second-order valence-electron chi connectivity index (χ2n) is 6.69. The molecule has 0 saturated carbocycles. The molecule has 3 rings (SSSR count). The fraction of sp³-hybridized carbons (Fsp3) is 0.211. The van der Waals surface area contributed by atoms with E-state index in [2.05, 4.69) is 5.10 Å². The maximum absolute atomic E-state index is 13.7. The highest BCUT2D eigenvalue weighted by molar-refractivity contribution is 5.86. The molecule has 0 spiro atoms. The van der Waals surface area contributed by atoms with E-state index in [-0.39, 0.29) is 22.9 Å². The maximum Gasteiger partial charge on any atom is 0.433 e. The topological polar surface area (TPSA) is 58.3 Å². The van der Waals surface area contributed by atoms with E-state index >= 15 is 0 Å². The molecule has 0 atom stereocenters. The molecule has 2 N–H and O–H groups in total. The number of rotatable bonds is 2. The number of phenolic OH excluding ortho intramolecular Hbond substituents is 2. The minimum atomic E-state index is -5.29. The fourth-order valence-electron chi connectivity index (χ4n) is 3.13. The standard InChI is InChI=1S/C19H11F9N2O2/c1-30-16(19(26,27)28)14(15(29-30)12-3-2-11(31)7-13(12)32)8-4-9(17(20,21)22)6-10(5-8)18(23,24)25/h2-7,31-32H,1H3. The Kier molecular flexibility index (Phi) is 5.35. The van der Waals surface area contributed by atoms with Crippen LogP contribution in [0, 0.1) is 0 Å². The highest BCUT2D eigenvalue weighted by Gasteiger charge is 2.42. The average Bonchev–Trinajstić information content (AvgIpc) is 2.97. The van der Waals surface area contributed by atoms with Crippen LogP contribution in [0.2, 0.25) is 0 Å². The Balaban J connectivity index is 2.46. The molecule has 32 heavy (non-hydrogen) atoms. The number of hydrogen-bond acceptors (Lipinski definition) is 3. The number of hydrogen-bond donors (Lipinski definition) is 2. The number of aromatic nitrogens is 2. The lowest BCUT2D eigenvalue weighted by atomic mass is 9.94. The zero-order valence-corrected chi connectivity index (χ0v) is 15.7. The molecule has 0 aliphatic carbocycles. The summed E-state index contributed by atoms with van der Waals surface area (Å²) in [5.41, 5.74) is -8.61. The molecule has 0 saturated heterocycles. The van der Waals surface area contributed by atoms with Crippen LogP contribution in [0.3, 0.4) is 0 Å². The highest BCUT2D eigenvalue weighted by Crippen LogP contribution is 2.47. The molecule has 13 heteroatoms. The van der Waals surface area contributed by atoms with Crippen molar-refractivity contribution < 1.29 is 49.7 Å². The first-order valence-electron chi connectivity index (χ1n) is 8.46. The summed E-state index contributed by atoms with van der Waals surface area (Å²) in [6.45, 7) is 0. The fourth-order valence-corrected chi connectivity index (χ4v) is 3.13. The van der Waals surface area contributed by atoms with Crippen molar-refractivity contribution in [1.82, 2.24) is 9.78 Å². The van der Waals surface area contributed by atoms with Crippen molar-refractivity contribution >= 4 is 0 Å². The van der Waals surface area contributed by atoms with Crippen molar-refractivity contribution in [3.8, 4) is 33.9 Å². The van der Waals surface area contributed by atoms with E-state index in [0.29, 0.717) is 0 Å². The van der Waals surface area contributed by atoms with Crippen LogP contribution in [0.5, 0.6) is 11.5 Å². The van der Waals surface area contributed by atoms with Crippen molar-refractivity contribution in [2.45, 2.75) is 18.5 Å². The largest absolute Gasteiger partial charge is 0.508 e. The zero-order chi connectivity index (χ0) is 24.2. The van der Waals surface area contributed by atoms with Crippen LogP contribution < -0.4 is 0 Å². The Morgan fingerprint density at radius 3 is 1.72 bits per heavy atom. The molecule has 0 aliphatic heterocycles. The number of aromatic hydroxyl groups is 2. The smallest absolute Gasteiger partial charge is 0.433 e. The molecule has 0 unspecified atom stereocenters. The van der Waals surface area contributed by atoms with Gasteiger partial charge in [-0.25, -0.2) is 0 Å². The summed E-state index contributed by atoms with van der Waals surface area (Å²) >= 11 is 0. The molecular weight excluding hydrogens is 459 g/mol. The normalized spacial score (nSPS) is 12.9. The van der Waals surface area contributed by atoms with E-state index in [1.165, 1.54) is 0 Å². The summed E-state index contributed by atoms with van der Waals surface area (Å²) in [5, 5.41) is 23.0. The van der Waals surface area contributed by atoms with Crippen molar-refractivity contribution in [3.05, 3.63) is 53.2 Å². The lowest BCUT2D eigenvalue weighted by Crippen LogP contribution is -2.14. The van der Waals surface area contributed by atoms with E-state index in [4.69, 9.17) is 0 Å². The van der Waals surface area contributed by atoms with E-state index in [1.807, 2.05) is 0 Å². The van der Waals surface area contributed by atoms with Gasteiger partial charge in [-0.15, -0.1) is 0 Å². The third-order valence-electron chi connectivity index (χ3n) is 4.43. The van der Waals surface area contributed by atoms with Crippen LogP contribution in [-0.2, 0) is 25.6 Å². The van der Waals surface area contributed by atoms with Crippen molar-refractivity contribution in [1.29, 1.82) is 0 Å². The van der Waals surface area contributed by atoms with Gasteiger partial charge in [-0.1, -0.05) is 0 Å². The minimum Gasteiger partial charge on any atom is -0.508 e. The summed E-state index contributed by atoms with van der Waals surface area (Å²) in [6, 6.07) is 2.67. The van der Waals surface area contributed by atoms with Gasteiger partial charge in [0.25, 0.3) is 0 Å². The third-order valence-corrected chi connectivity index (χ3v) is 4.43. The predicted molar refractivity (Wildman–Crippen MR) is 92.4 cm³/mol. The van der Waals surface area contributed by atoms with Gasteiger partial charge in [0.2, 0.25) is 0 Å². The van der Waals surface area contributed by atoms with Crippen LogP contribution in [0.1, 0.15) is 16.8 Å². The van der Waals surface area contributed by atoms with Crippen LogP contribution >= 0.6 is 0 Å². The number of halogens is 9. The Hall–Kier alpha value is -3.38. The van der Waals surface area contributed by atoms with Gasteiger partial charge in [0.1, 0.15) is 17.2 Å². The monoisotopic (exact) mass is 470 g/mol. The Bertz CT molecular complexity index is 1140. The van der Waals surface area contributed by atoms with E-state index in [0.717, 1.165) is 25.2 Å². The molecule has 2 aromatic carbocycles. The van der Waals surface area contributed by atoms with Gasteiger partial charge in [0, 0.05) is 24.2 Å². The quantitative estimate of drug-likeness (QED) is 0.437. The van der Waals surface area contributed by atoms with Crippen LogP contribution in [0.15, 0.2) is 36.4 Å². The first-order chi connectivity index (χ1) is 14.5. The molecule has 0 amide bonds. The number of benzene rings is 2. The molecule has 1 aromatic heterocycles. The summed E-state index contributed by atoms with van der Waals surface area (Å²) in [6.07, 6.45) is -15.8. The van der Waals surface area contributed by atoms with Gasteiger partial charge in [0.05, 0.1) is 11.1 Å². The van der Waals surface area contributed by atoms with Gasteiger partial charge < -0.3 is 10.2 Å². The maximum atomic E-state index is 13.7. The Labute approximate surface area is 173 Å². The highest BCUT2D eigenvalue weighted by atomic mass is 19.4.